The van der Waals surface area contributed by atoms with Gasteiger partial charge < -0.3 is 16.8 Å². The average Bonchev–Trinajstić information content (AvgIpc) is 2.21. The zero-order valence-electron chi connectivity index (χ0n) is 9.53. The summed E-state index contributed by atoms with van der Waals surface area (Å²) in [5.74, 6) is -0.291. The van der Waals surface area contributed by atoms with E-state index in [9.17, 15) is 4.79 Å². The van der Waals surface area contributed by atoms with Gasteiger partial charge in [-0.1, -0.05) is 31.0 Å². The number of carbonyl (C=O) groups is 1. The third-order valence-electron chi connectivity index (χ3n) is 2.04. The Bertz CT molecular complexity index is 441. The van der Waals surface area contributed by atoms with Crippen LogP contribution in [0.2, 0.25) is 5.02 Å². The highest BCUT2D eigenvalue weighted by molar-refractivity contribution is 6.33. The predicted octanol–water partition coefficient (Wildman–Crippen LogP) is 2.10. The van der Waals surface area contributed by atoms with Crippen LogP contribution in [0, 0.1) is 0 Å². The van der Waals surface area contributed by atoms with Gasteiger partial charge in [-0.15, -0.1) is 0 Å². The summed E-state index contributed by atoms with van der Waals surface area (Å²) in [7, 11) is 0. The topological polar surface area (TPSA) is 93.5 Å². The molecule has 5 N–H and O–H groups in total. The average molecular weight is 255 g/mol. The molecule has 0 saturated carbocycles. The summed E-state index contributed by atoms with van der Waals surface area (Å²) < 4.78 is 0. The van der Waals surface area contributed by atoms with Crippen molar-refractivity contribution in [1.82, 2.24) is 0 Å². The molecule has 2 amide bonds. The highest BCUT2D eigenvalue weighted by Crippen LogP contribution is 2.23. The van der Waals surface area contributed by atoms with Crippen LogP contribution in [0.25, 0.3) is 0 Å². The minimum absolute atomic E-state index is 0.291. The molecule has 0 aliphatic heterocycles. The van der Waals surface area contributed by atoms with E-state index >= 15 is 0 Å². The fraction of sp³-hybridized carbons (Fsp3) is 0.273. The Morgan fingerprint density at radius 1 is 1.47 bits per heavy atom. The molecule has 0 heterocycles. The molecule has 17 heavy (non-hydrogen) atoms. The van der Waals surface area contributed by atoms with Gasteiger partial charge in [-0.05, 0) is 24.1 Å². The van der Waals surface area contributed by atoms with E-state index in [0.29, 0.717) is 10.7 Å². The van der Waals surface area contributed by atoms with Crippen molar-refractivity contribution in [2.75, 3.05) is 5.32 Å². The number of carbonyl (C=O) groups excluding carboxylic acids is 1. The molecule has 0 fully saturated rings. The lowest BCUT2D eigenvalue weighted by Gasteiger charge is -2.06. The van der Waals surface area contributed by atoms with Gasteiger partial charge in [-0.2, -0.15) is 4.99 Å². The highest BCUT2D eigenvalue weighted by atomic mass is 35.5. The molecule has 1 aromatic carbocycles. The molecule has 0 unspecified atom stereocenters. The van der Waals surface area contributed by atoms with Gasteiger partial charge in [0.15, 0.2) is 5.96 Å². The van der Waals surface area contributed by atoms with Crippen molar-refractivity contribution in [3.8, 4) is 0 Å². The number of hydrogen-bond acceptors (Lipinski definition) is 1. The number of amides is 2. The van der Waals surface area contributed by atoms with Crippen LogP contribution >= 0.6 is 11.6 Å². The lowest BCUT2D eigenvalue weighted by atomic mass is 10.1. The van der Waals surface area contributed by atoms with E-state index in [2.05, 4.69) is 17.2 Å². The number of benzene rings is 1. The summed E-state index contributed by atoms with van der Waals surface area (Å²) in [5, 5.41) is 2.96. The molecule has 6 heteroatoms. The minimum atomic E-state index is -0.643. The Hall–Kier alpha value is -1.75. The molecular weight excluding hydrogens is 240 g/mol. The Labute approximate surface area is 105 Å². The van der Waals surface area contributed by atoms with Crippen molar-refractivity contribution in [1.29, 1.82) is 0 Å². The fourth-order valence-corrected chi connectivity index (χ4v) is 1.61. The van der Waals surface area contributed by atoms with Crippen LogP contribution in [0.1, 0.15) is 18.9 Å². The van der Waals surface area contributed by atoms with Crippen LogP contribution in [0.15, 0.2) is 23.2 Å². The molecule has 0 atom stereocenters. The van der Waals surface area contributed by atoms with E-state index in [1.165, 1.54) is 0 Å². The van der Waals surface area contributed by atoms with Crippen molar-refractivity contribution >= 4 is 29.3 Å². The standard InChI is InChI=1S/C11H15ClN4O/c1-2-3-7-4-5-9(8(12)6-7)15-11(17)16-10(13)14/h4-6H,2-3H2,1H3,(H5,13,14,15,16,17). The number of nitrogens with one attached hydrogen (secondary N) is 1. The number of nitrogens with two attached hydrogens (primary N) is 2. The maximum absolute atomic E-state index is 11.3. The van der Waals surface area contributed by atoms with Crippen LogP contribution < -0.4 is 16.8 Å². The summed E-state index contributed by atoms with van der Waals surface area (Å²) in [5.41, 5.74) is 11.8. The second kappa shape index (κ2) is 6.10. The first-order chi connectivity index (χ1) is 8.02. The lowest BCUT2D eigenvalue weighted by molar-refractivity contribution is 0.259. The van der Waals surface area contributed by atoms with Gasteiger partial charge in [-0.25, -0.2) is 4.79 Å². The van der Waals surface area contributed by atoms with Crippen LogP contribution in [-0.4, -0.2) is 12.0 Å². The van der Waals surface area contributed by atoms with Crippen LogP contribution in [0.5, 0.6) is 0 Å². The first kappa shape index (κ1) is 13.3. The SMILES string of the molecule is CCCc1ccc(NC(=O)N=C(N)N)c(Cl)c1. The Kier molecular flexibility index (Phi) is 4.78. The smallest absolute Gasteiger partial charge is 0.348 e. The van der Waals surface area contributed by atoms with E-state index in [4.69, 9.17) is 23.1 Å². The number of urea groups is 1. The zero-order valence-corrected chi connectivity index (χ0v) is 10.3. The third-order valence-corrected chi connectivity index (χ3v) is 2.36. The van der Waals surface area contributed by atoms with Crippen molar-refractivity contribution in [2.24, 2.45) is 16.5 Å². The van der Waals surface area contributed by atoms with Crippen LogP contribution in [0.4, 0.5) is 10.5 Å². The number of anilines is 1. The highest BCUT2D eigenvalue weighted by Gasteiger charge is 2.05. The van der Waals surface area contributed by atoms with Gasteiger partial charge in [0.05, 0.1) is 10.7 Å². The quantitative estimate of drug-likeness (QED) is 0.570. The van der Waals surface area contributed by atoms with Gasteiger partial charge >= 0.3 is 6.03 Å². The van der Waals surface area contributed by atoms with Gasteiger partial charge in [-0.3, -0.25) is 0 Å². The number of aliphatic imine (C=N–C) groups is 1. The Morgan fingerprint density at radius 2 is 2.18 bits per heavy atom. The van der Waals surface area contributed by atoms with E-state index in [0.717, 1.165) is 18.4 Å². The number of rotatable bonds is 3. The monoisotopic (exact) mass is 254 g/mol. The van der Waals surface area contributed by atoms with Crippen molar-refractivity contribution in [2.45, 2.75) is 19.8 Å². The molecule has 0 saturated heterocycles. The number of hydrogen-bond donors (Lipinski definition) is 3. The third kappa shape index (κ3) is 4.32. The summed E-state index contributed by atoms with van der Waals surface area (Å²) in [6.45, 7) is 2.09. The van der Waals surface area contributed by atoms with E-state index in [-0.39, 0.29) is 5.96 Å². The van der Waals surface area contributed by atoms with E-state index in [1.54, 1.807) is 6.07 Å². The number of guanidine groups is 1. The van der Waals surface area contributed by atoms with Crippen molar-refractivity contribution in [3.05, 3.63) is 28.8 Å². The Morgan fingerprint density at radius 3 is 2.71 bits per heavy atom. The second-order valence-electron chi connectivity index (χ2n) is 3.53. The second-order valence-corrected chi connectivity index (χ2v) is 3.94. The summed E-state index contributed by atoms with van der Waals surface area (Å²) in [6, 6.07) is 4.81. The predicted molar refractivity (Wildman–Crippen MR) is 70.3 cm³/mol. The van der Waals surface area contributed by atoms with E-state index < -0.39 is 6.03 Å². The fourth-order valence-electron chi connectivity index (χ4n) is 1.36. The van der Waals surface area contributed by atoms with Gasteiger partial charge in [0.2, 0.25) is 0 Å². The van der Waals surface area contributed by atoms with Crippen LogP contribution in [0.3, 0.4) is 0 Å². The molecule has 0 aromatic heterocycles. The molecule has 1 aromatic rings. The molecule has 0 radical (unpaired) electrons. The maximum Gasteiger partial charge on any atom is 0.348 e. The molecule has 92 valence electrons. The largest absolute Gasteiger partial charge is 0.370 e. The molecular formula is C11H15ClN4O. The van der Waals surface area contributed by atoms with Gasteiger partial charge in [0, 0.05) is 0 Å². The summed E-state index contributed by atoms with van der Waals surface area (Å²) >= 11 is 6.02. The summed E-state index contributed by atoms with van der Waals surface area (Å²) in [4.78, 5) is 14.6. The molecule has 1 rings (SSSR count). The molecule has 0 spiro atoms. The maximum atomic E-state index is 11.3. The van der Waals surface area contributed by atoms with Crippen molar-refractivity contribution < 1.29 is 4.79 Å². The molecule has 0 aliphatic rings. The zero-order chi connectivity index (χ0) is 12.8. The minimum Gasteiger partial charge on any atom is -0.370 e. The summed E-state index contributed by atoms with van der Waals surface area (Å²) in [6.07, 6.45) is 1.98. The Balaban J connectivity index is 2.79. The first-order valence-corrected chi connectivity index (χ1v) is 5.59. The number of halogens is 1. The van der Waals surface area contributed by atoms with Gasteiger partial charge in [0.1, 0.15) is 0 Å². The van der Waals surface area contributed by atoms with E-state index in [1.807, 2.05) is 12.1 Å². The number of aryl methyl sites for hydroxylation is 1. The molecule has 5 nitrogen and oxygen atoms in total. The first-order valence-electron chi connectivity index (χ1n) is 5.22. The number of nitrogens with zero attached hydrogens (tertiary/aromatic N) is 1. The molecule has 0 bridgehead atoms. The van der Waals surface area contributed by atoms with Gasteiger partial charge in [0.25, 0.3) is 0 Å². The normalized spacial score (nSPS) is 9.76. The molecule has 0 aliphatic carbocycles. The van der Waals surface area contributed by atoms with Crippen LogP contribution in [-0.2, 0) is 6.42 Å². The lowest BCUT2D eigenvalue weighted by Crippen LogP contribution is -2.25. The van der Waals surface area contributed by atoms with Crippen molar-refractivity contribution in [3.63, 3.8) is 0 Å².